The van der Waals surface area contributed by atoms with Crippen LogP contribution in [0.1, 0.15) is 0 Å². The van der Waals surface area contributed by atoms with Crippen molar-refractivity contribution in [3.8, 4) is 0 Å². The van der Waals surface area contributed by atoms with E-state index in [4.69, 9.17) is 42.9 Å². The van der Waals surface area contributed by atoms with Crippen LogP contribution >= 0.6 is 0 Å². The van der Waals surface area contributed by atoms with Gasteiger partial charge in [-0.1, -0.05) is 0 Å². The Kier molecular flexibility index (Phi) is 14.8. The summed E-state index contributed by atoms with van der Waals surface area (Å²) in [7, 11) is 0. The molecule has 0 fully saturated rings. The van der Waals surface area contributed by atoms with E-state index >= 15 is 0 Å². The van der Waals surface area contributed by atoms with Crippen molar-refractivity contribution in [1.82, 2.24) is 0 Å². The van der Waals surface area contributed by atoms with Gasteiger partial charge in [-0.2, -0.15) is 0 Å². The predicted octanol–water partition coefficient (Wildman–Crippen LogP) is -4.48. The van der Waals surface area contributed by atoms with Crippen molar-refractivity contribution in [2.75, 3.05) is 0 Å². The summed E-state index contributed by atoms with van der Waals surface area (Å²) in [4.78, 5) is 36.1. The van der Waals surface area contributed by atoms with Crippen molar-refractivity contribution in [3.63, 3.8) is 0 Å². The van der Waals surface area contributed by atoms with Crippen molar-refractivity contribution in [1.29, 1.82) is 0 Å². The number of carbonyl (C=O) groups is 4. The molecule has 0 radical (unpaired) electrons. The number of aliphatic carboxylic acids is 4. The van der Waals surface area contributed by atoms with Gasteiger partial charge in [0, 0.05) is 0 Å². The summed E-state index contributed by atoms with van der Waals surface area (Å²) in [5, 5.41) is 32.6. The Morgan fingerprint density at radius 2 is 0.857 bits per heavy atom. The fraction of sp³-hybridized carbons (Fsp3) is 0. The molecule has 0 bridgehead atoms. The van der Waals surface area contributed by atoms with E-state index in [-0.39, 0.29) is 0 Å². The standard InChI is InChI=1S/2C2H2O4.O.Ti/c2*3-1(4)2(5)6;;/h2*(H,3,4)(H,5,6);;/p-2. The Bertz CT molecular complexity index is 185. The molecule has 0 heterocycles. The molecule has 0 aromatic rings. The third-order valence-corrected chi connectivity index (χ3v) is 0.349. The summed E-state index contributed by atoms with van der Waals surface area (Å²) >= 11 is 0.750. The minimum absolute atomic E-state index is 0.750. The molecule has 0 unspecified atom stereocenters. The first kappa shape index (κ1) is 18.2. The van der Waals surface area contributed by atoms with Crippen molar-refractivity contribution >= 4 is 23.9 Å². The molecule has 0 aromatic carbocycles. The number of carboxylic acids is 4. The first-order valence-electron chi connectivity index (χ1n) is 2.38. The molecule has 0 spiro atoms. The van der Waals surface area contributed by atoms with Crippen molar-refractivity contribution in [2.45, 2.75) is 0 Å². The van der Waals surface area contributed by atoms with Gasteiger partial charge in [0.2, 0.25) is 0 Å². The summed E-state index contributed by atoms with van der Waals surface area (Å²) < 4.78 is 8.25. The van der Waals surface area contributed by atoms with Gasteiger partial charge in [0.25, 0.3) is 0 Å². The van der Waals surface area contributed by atoms with E-state index in [1.165, 1.54) is 0 Å². The Hall–Kier alpha value is -1.61. The Balaban J connectivity index is -0.000000147. The number of hydrogen-bond acceptors (Lipinski definition) is 7. The molecule has 10 heteroatoms. The normalized spacial score (nSPS) is 6.50. The van der Waals surface area contributed by atoms with Gasteiger partial charge in [0.15, 0.2) is 11.9 Å². The molecule has 0 rings (SSSR count). The van der Waals surface area contributed by atoms with E-state index in [1.54, 1.807) is 0 Å². The summed E-state index contributed by atoms with van der Waals surface area (Å²) in [6.07, 6.45) is 0. The van der Waals surface area contributed by atoms with Crippen LogP contribution in [0, 0.1) is 0 Å². The Labute approximate surface area is 87.7 Å². The van der Waals surface area contributed by atoms with Crippen LogP contribution in [-0.4, -0.2) is 34.1 Å². The van der Waals surface area contributed by atoms with Gasteiger partial charge in [0.1, 0.15) is 0 Å². The molecule has 0 saturated carbocycles. The van der Waals surface area contributed by atoms with Crippen LogP contribution in [0.2, 0.25) is 0 Å². The molecule has 0 aliphatic carbocycles. The first-order valence-corrected chi connectivity index (χ1v) is 3.01. The van der Waals surface area contributed by atoms with Crippen LogP contribution in [0.15, 0.2) is 0 Å². The van der Waals surface area contributed by atoms with Crippen LogP contribution < -0.4 is 10.2 Å². The van der Waals surface area contributed by atoms with E-state index in [2.05, 4.69) is 0 Å². The summed E-state index contributed by atoms with van der Waals surface area (Å²) in [6, 6.07) is 0. The van der Waals surface area contributed by atoms with E-state index in [0.29, 0.717) is 0 Å². The zero-order valence-corrected chi connectivity index (χ0v) is 7.81. The third-order valence-electron chi connectivity index (χ3n) is 0.349. The van der Waals surface area contributed by atoms with E-state index in [0.717, 1.165) is 20.4 Å². The average molecular weight is 242 g/mol. The van der Waals surface area contributed by atoms with E-state index in [9.17, 15) is 0 Å². The molecule has 0 saturated heterocycles. The van der Waals surface area contributed by atoms with E-state index in [1.807, 2.05) is 0 Å². The quantitative estimate of drug-likeness (QED) is 0.313. The molecule has 0 aliphatic rings. The van der Waals surface area contributed by atoms with Gasteiger partial charge in [-0.15, -0.1) is 0 Å². The molecule has 0 atom stereocenters. The number of carboxylic acid groups (broad SMARTS) is 4. The second kappa shape index (κ2) is 11.4. The van der Waals surface area contributed by atoms with Crippen LogP contribution in [-0.2, 0) is 42.9 Å². The molecule has 0 aromatic heterocycles. The second-order valence-corrected chi connectivity index (χ2v) is 1.19. The maximum absolute atomic E-state index is 9.04. The SMILES string of the molecule is O=C([O-])C(=O)O.O=C([O-])C(=O)O.[O]=[Ti]. The van der Waals surface area contributed by atoms with Crippen molar-refractivity contribution in [2.24, 2.45) is 0 Å². The average Bonchev–Trinajstić information content (AvgIpc) is 2.08. The summed E-state index contributed by atoms with van der Waals surface area (Å²) in [6.45, 7) is 0. The molecule has 14 heavy (non-hydrogen) atoms. The van der Waals surface area contributed by atoms with Crippen LogP contribution in [0.25, 0.3) is 0 Å². The van der Waals surface area contributed by atoms with Gasteiger partial charge < -0.3 is 30.0 Å². The van der Waals surface area contributed by atoms with Crippen molar-refractivity contribution in [3.05, 3.63) is 0 Å². The monoisotopic (exact) mass is 242 g/mol. The van der Waals surface area contributed by atoms with Gasteiger partial charge in [-0.05, 0) is 0 Å². The summed E-state index contributed by atoms with van der Waals surface area (Å²) in [5.74, 6) is -8.02. The number of rotatable bonds is 0. The minimum atomic E-state index is -2.07. The van der Waals surface area contributed by atoms with Gasteiger partial charge in [-0.25, -0.2) is 9.59 Å². The fourth-order valence-corrected chi connectivity index (χ4v) is 0. The zero-order chi connectivity index (χ0) is 12.3. The molecule has 9 nitrogen and oxygen atoms in total. The molecule has 0 amide bonds. The number of hydrogen-bond donors (Lipinski definition) is 2. The molecular weight excluding hydrogens is 240 g/mol. The molecule has 0 aliphatic heterocycles. The van der Waals surface area contributed by atoms with E-state index < -0.39 is 23.9 Å². The Morgan fingerprint density at radius 3 is 0.857 bits per heavy atom. The Morgan fingerprint density at radius 1 is 0.786 bits per heavy atom. The molecule has 2 N–H and O–H groups in total. The molecular formula is C4H2O9Ti-2. The van der Waals surface area contributed by atoms with Gasteiger partial charge in [0.05, 0.1) is 0 Å². The molecule has 78 valence electrons. The fourth-order valence-electron chi connectivity index (χ4n) is 0. The maximum atomic E-state index is 9.04. The summed E-state index contributed by atoms with van der Waals surface area (Å²) in [5.41, 5.74) is 0. The zero-order valence-electron chi connectivity index (χ0n) is 6.25. The van der Waals surface area contributed by atoms with Crippen LogP contribution in [0.5, 0.6) is 0 Å². The van der Waals surface area contributed by atoms with Crippen LogP contribution in [0.3, 0.4) is 0 Å². The third kappa shape index (κ3) is 22.4. The van der Waals surface area contributed by atoms with Crippen molar-refractivity contribution < 1.29 is 63.3 Å². The first-order chi connectivity index (χ1) is 6.29. The van der Waals surface area contributed by atoms with Gasteiger partial charge >= 0.3 is 35.7 Å². The number of carbonyl (C=O) groups excluding carboxylic acids is 2. The predicted molar refractivity (Wildman–Crippen MR) is 26.0 cm³/mol. The van der Waals surface area contributed by atoms with Crippen LogP contribution in [0.4, 0.5) is 0 Å². The second-order valence-electron chi connectivity index (χ2n) is 1.19. The topological polar surface area (TPSA) is 172 Å². The van der Waals surface area contributed by atoms with Gasteiger partial charge in [-0.3, -0.25) is 0 Å².